The highest BCUT2D eigenvalue weighted by molar-refractivity contribution is 5.98. The van der Waals surface area contributed by atoms with Crippen LogP contribution in [0.1, 0.15) is 65.6 Å². The Morgan fingerprint density at radius 3 is 2.56 bits per heavy atom. The van der Waals surface area contributed by atoms with Gasteiger partial charge in [-0.2, -0.15) is 15.8 Å². The maximum absolute atomic E-state index is 10.9. The van der Waals surface area contributed by atoms with Gasteiger partial charge in [-0.15, -0.1) is 0 Å². The first-order valence-corrected chi connectivity index (χ1v) is 18.7. The van der Waals surface area contributed by atoms with Crippen molar-refractivity contribution in [3.63, 3.8) is 0 Å². The van der Waals surface area contributed by atoms with Crippen LogP contribution in [0.3, 0.4) is 0 Å². The highest BCUT2D eigenvalue weighted by atomic mass is 15.2. The molecule has 4 aliphatic carbocycles. The minimum absolute atomic E-state index is 0.0259. The topological polar surface area (TPSA) is 79.5 Å². The molecule has 9 rings (SSSR count). The molecule has 4 unspecified atom stereocenters. The van der Waals surface area contributed by atoms with E-state index in [1.807, 2.05) is 30.3 Å². The fraction of sp³-hybridized carbons (Fsp3) is 0.163. The number of benzene rings is 3. The van der Waals surface area contributed by atoms with Gasteiger partial charge in [-0.25, -0.2) is 0 Å². The van der Waals surface area contributed by atoms with Gasteiger partial charge in [-0.3, -0.25) is 0 Å². The van der Waals surface area contributed by atoms with Gasteiger partial charge in [-0.1, -0.05) is 110 Å². The molecular weight excluding hydrogens is 659 g/mol. The second kappa shape index (κ2) is 13.6. The lowest BCUT2D eigenvalue weighted by Gasteiger charge is -2.31. The van der Waals surface area contributed by atoms with E-state index in [1.54, 1.807) is 0 Å². The molecule has 1 aliphatic heterocycles. The molecule has 0 spiro atoms. The molecule has 0 fully saturated rings. The zero-order valence-electron chi connectivity index (χ0n) is 30.0. The van der Waals surface area contributed by atoms with E-state index < -0.39 is 0 Å². The van der Waals surface area contributed by atoms with E-state index in [0.29, 0.717) is 16.7 Å². The summed E-state index contributed by atoms with van der Waals surface area (Å²) in [6, 6.07) is 27.8. The number of hydrogen-bond donors (Lipinski definition) is 0. The van der Waals surface area contributed by atoms with E-state index in [1.165, 1.54) is 5.57 Å². The lowest BCUT2D eigenvalue weighted by molar-refractivity contribution is 0.482. The number of aromatic nitrogens is 1. The molecular formula is C49H37N5. The van der Waals surface area contributed by atoms with E-state index in [9.17, 15) is 15.8 Å². The van der Waals surface area contributed by atoms with Gasteiger partial charge >= 0.3 is 0 Å². The van der Waals surface area contributed by atoms with Crippen molar-refractivity contribution < 1.29 is 0 Å². The van der Waals surface area contributed by atoms with Crippen molar-refractivity contribution in [2.45, 2.75) is 38.1 Å². The lowest BCUT2D eigenvalue weighted by Crippen LogP contribution is -2.29. The molecule has 0 radical (unpaired) electrons. The fourth-order valence-corrected chi connectivity index (χ4v) is 8.99. The van der Waals surface area contributed by atoms with Crippen LogP contribution in [-0.4, -0.2) is 10.6 Å². The summed E-state index contributed by atoms with van der Waals surface area (Å²) in [5.41, 5.74) is 12.6. The number of anilines is 2. The highest BCUT2D eigenvalue weighted by Gasteiger charge is 2.40. The van der Waals surface area contributed by atoms with Crippen LogP contribution >= 0.6 is 0 Å². The number of fused-ring (bicyclic) bond motifs is 6. The van der Waals surface area contributed by atoms with Gasteiger partial charge in [0.05, 0.1) is 51.8 Å². The first-order chi connectivity index (χ1) is 26.6. The van der Waals surface area contributed by atoms with Crippen LogP contribution in [0.15, 0.2) is 145 Å². The van der Waals surface area contributed by atoms with E-state index in [2.05, 4.69) is 150 Å². The van der Waals surface area contributed by atoms with Crippen LogP contribution in [0.5, 0.6) is 0 Å². The Morgan fingerprint density at radius 1 is 0.815 bits per heavy atom. The van der Waals surface area contributed by atoms with E-state index in [4.69, 9.17) is 0 Å². The number of nitriles is 3. The summed E-state index contributed by atoms with van der Waals surface area (Å²) in [4.78, 5) is 2.32. The largest absolute Gasteiger partial charge is 0.332 e. The smallest absolute Gasteiger partial charge is 0.101 e. The number of hydrogen-bond acceptors (Lipinski definition) is 4. The van der Waals surface area contributed by atoms with Crippen LogP contribution in [0.4, 0.5) is 11.4 Å². The third-order valence-corrected chi connectivity index (χ3v) is 11.5. The summed E-state index contributed by atoms with van der Waals surface area (Å²) in [6.07, 6.45) is 33.1. The Balaban J connectivity index is 1.14. The zero-order chi connectivity index (χ0) is 36.8. The maximum Gasteiger partial charge on any atom is 0.101 e. The molecule has 5 nitrogen and oxygen atoms in total. The van der Waals surface area contributed by atoms with Gasteiger partial charge in [-0.05, 0) is 84.9 Å². The van der Waals surface area contributed by atoms with Gasteiger partial charge in [0, 0.05) is 39.7 Å². The standard InChI is InChI=1S/C49H37N5/c1-32-22-24-38(39-16-7-9-20-46(39)54-47-21-10-8-17-40(47)42-18-11-13-35(30-51)49(42)54)36(31-52)28-43(32)34-12-5-6-14-37(27-34)53-45-19-4-2-3-15-41(45)44-26-33(29-50)23-25-48(44)53/h3-11,13-21,23-28,32,40,43,47H,2,12,22H2,1H3. The lowest BCUT2D eigenvalue weighted by atomic mass is 9.83. The van der Waals surface area contributed by atoms with Gasteiger partial charge in [0.2, 0.25) is 0 Å². The fourth-order valence-electron chi connectivity index (χ4n) is 8.99. The summed E-state index contributed by atoms with van der Waals surface area (Å²) >= 11 is 0. The minimum Gasteiger partial charge on any atom is -0.332 e. The first kappa shape index (κ1) is 33.0. The molecule has 1 aromatic heterocycles. The zero-order valence-corrected chi connectivity index (χ0v) is 30.0. The monoisotopic (exact) mass is 695 g/mol. The minimum atomic E-state index is 0.0259. The van der Waals surface area contributed by atoms with Crippen LogP contribution in [0.25, 0.3) is 34.3 Å². The van der Waals surface area contributed by atoms with E-state index >= 15 is 0 Å². The average molecular weight is 696 g/mol. The van der Waals surface area contributed by atoms with Crippen LogP contribution in [0.2, 0.25) is 0 Å². The van der Waals surface area contributed by atoms with Crippen molar-refractivity contribution >= 4 is 45.7 Å². The molecule has 4 aromatic rings. The van der Waals surface area contributed by atoms with Crippen molar-refractivity contribution in [3.8, 4) is 18.2 Å². The second-order valence-corrected chi connectivity index (χ2v) is 14.5. The molecule has 5 aliphatic rings. The highest BCUT2D eigenvalue weighted by Crippen LogP contribution is 2.51. The number of para-hydroxylation sites is 2. The number of rotatable bonds is 4. The molecule has 0 amide bonds. The van der Waals surface area contributed by atoms with E-state index in [0.717, 1.165) is 75.2 Å². The summed E-state index contributed by atoms with van der Waals surface area (Å²) < 4.78 is 2.31. The van der Waals surface area contributed by atoms with Crippen LogP contribution < -0.4 is 4.90 Å². The first-order valence-electron chi connectivity index (χ1n) is 18.7. The molecule has 5 heteroatoms. The average Bonchev–Trinajstić information content (AvgIpc) is 3.37. The molecule has 0 bridgehead atoms. The Kier molecular flexibility index (Phi) is 8.31. The SMILES string of the molecule is CC1CC=C(c2ccccc2N2c3c(C#N)cccc3C3C=CC=CC32)C(C#N)=CC1C1=CC(n2c3c(c4cc(C#N)ccc42)C=CCC=C3)=CC=CC1. The summed E-state index contributed by atoms with van der Waals surface area (Å²) in [6.45, 7) is 2.29. The van der Waals surface area contributed by atoms with Crippen molar-refractivity contribution in [3.05, 3.63) is 178 Å². The predicted molar refractivity (Wildman–Crippen MR) is 219 cm³/mol. The number of allylic oxidation sites excluding steroid dienone is 14. The Labute approximate surface area is 316 Å². The van der Waals surface area contributed by atoms with Gasteiger partial charge < -0.3 is 9.47 Å². The number of nitrogens with zero attached hydrogens (tertiary/aromatic N) is 5. The Hall–Kier alpha value is -6.87. The molecule has 4 atom stereocenters. The van der Waals surface area contributed by atoms with Gasteiger partial charge in [0.25, 0.3) is 0 Å². The third-order valence-electron chi connectivity index (χ3n) is 11.5. The second-order valence-electron chi connectivity index (χ2n) is 14.5. The molecule has 54 heavy (non-hydrogen) atoms. The molecule has 2 heterocycles. The van der Waals surface area contributed by atoms with E-state index in [-0.39, 0.29) is 23.8 Å². The van der Waals surface area contributed by atoms with Crippen molar-refractivity contribution in [1.29, 1.82) is 15.8 Å². The summed E-state index contributed by atoms with van der Waals surface area (Å²) in [5.74, 6) is 0.404. The molecule has 0 N–H and O–H groups in total. The molecule has 0 saturated heterocycles. The molecule has 3 aromatic carbocycles. The normalized spacial score (nSPS) is 22.3. The molecule has 258 valence electrons. The third kappa shape index (κ3) is 5.35. The Morgan fingerprint density at radius 2 is 1.69 bits per heavy atom. The van der Waals surface area contributed by atoms with Crippen molar-refractivity contribution in [2.75, 3.05) is 4.90 Å². The summed E-state index contributed by atoms with van der Waals surface area (Å²) in [5, 5.41) is 31.9. The Bertz CT molecular complexity index is 2660. The van der Waals surface area contributed by atoms with Crippen molar-refractivity contribution in [1.82, 2.24) is 4.57 Å². The molecule has 0 saturated carbocycles. The van der Waals surface area contributed by atoms with Crippen molar-refractivity contribution in [2.24, 2.45) is 11.8 Å². The van der Waals surface area contributed by atoms with Crippen LogP contribution in [-0.2, 0) is 0 Å². The van der Waals surface area contributed by atoms with Crippen LogP contribution in [0, 0.1) is 45.8 Å². The predicted octanol–water partition coefficient (Wildman–Crippen LogP) is 11.5. The van der Waals surface area contributed by atoms with Gasteiger partial charge in [0.15, 0.2) is 0 Å². The van der Waals surface area contributed by atoms with Gasteiger partial charge in [0.1, 0.15) is 6.07 Å². The maximum atomic E-state index is 10.9. The quantitative estimate of drug-likeness (QED) is 0.213. The summed E-state index contributed by atoms with van der Waals surface area (Å²) in [7, 11) is 0.